The molecule has 7 aromatic rings. The molecule has 2 aliphatic heterocycles. The van der Waals surface area contributed by atoms with Gasteiger partial charge in [0.25, 0.3) is 0 Å². The van der Waals surface area contributed by atoms with Crippen LogP contribution in [0.25, 0.3) is 65.7 Å². The molecule has 0 saturated carbocycles. The number of anilines is 2. The minimum absolute atomic E-state index is 0.509. The van der Waals surface area contributed by atoms with Gasteiger partial charge in [-0.05, 0) is 153 Å². The highest BCUT2D eigenvalue weighted by Crippen LogP contribution is 2.56. The third kappa shape index (κ3) is 5.39. The lowest BCUT2D eigenvalue weighted by molar-refractivity contribution is 0.578. The normalized spacial score (nSPS) is 16.7. The van der Waals surface area contributed by atoms with Gasteiger partial charge in [-0.15, -0.1) is 0 Å². The van der Waals surface area contributed by atoms with Crippen LogP contribution < -0.4 is 9.80 Å². The van der Waals surface area contributed by atoms with Crippen LogP contribution in [0.15, 0.2) is 121 Å². The molecule has 1 unspecified atom stereocenters. The lowest BCUT2D eigenvalue weighted by atomic mass is 9.85. The minimum atomic E-state index is -0.509. The Labute approximate surface area is 303 Å². The lowest BCUT2D eigenvalue weighted by Gasteiger charge is -2.30. The maximum absolute atomic E-state index is 2.62. The van der Waals surface area contributed by atoms with E-state index in [0.717, 1.165) is 39.0 Å². The van der Waals surface area contributed by atoms with Crippen LogP contribution in [0.3, 0.4) is 0 Å². The maximum Gasteiger partial charge on any atom is 0.0372 e. The van der Waals surface area contributed by atoms with Crippen molar-refractivity contribution in [2.45, 2.75) is 51.4 Å². The summed E-state index contributed by atoms with van der Waals surface area (Å²) in [4.78, 5) is 5.24. The van der Waals surface area contributed by atoms with Gasteiger partial charge in [0.15, 0.2) is 0 Å². The molecule has 2 nitrogen and oxygen atoms in total. The number of benzene rings is 6. The van der Waals surface area contributed by atoms with E-state index in [-0.39, 0.29) is 0 Å². The summed E-state index contributed by atoms with van der Waals surface area (Å²) in [7, 11) is -0.509. The van der Waals surface area contributed by atoms with E-state index in [0.29, 0.717) is 0 Å². The Morgan fingerprint density at radius 3 is 1.69 bits per heavy atom. The fraction of sp³-hybridized carbons (Fsp3) is 0.250. The summed E-state index contributed by atoms with van der Waals surface area (Å²) in [5.41, 5.74) is 9.57. The summed E-state index contributed by atoms with van der Waals surface area (Å²) >= 11 is 0. The van der Waals surface area contributed by atoms with Crippen molar-refractivity contribution < 1.29 is 0 Å². The Bertz CT molecular complexity index is 2430. The molecule has 1 atom stereocenters. The number of hydrogen-bond acceptors (Lipinski definition) is 2. The first-order valence-corrected chi connectivity index (χ1v) is 20.6. The van der Waals surface area contributed by atoms with Crippen molar-refractivity contribution >= 4 is 57.0 Å². The smallest absolute Gasteiger partial charge is 0.0372 e. The van der Waals surface area contributed by atoms with Crippen molar-refractivity contribution in [2.24, 2.45) is 0 Å². The maximum atomic E-state index is 2.62. The van der Waals surface area contributed by atoms with Crippen LogP contribution in [0, 0.1) is 0 Å². The van der Waals surface area contributed by atoms with Gasteiger partial charge in [0.1, 0.15) is 0 Å². The number of allylic oxidation sites excluding steroid dienone is 1. The molecule has 0 bridgehead atoms. The molecule has 51 heavy (non-hydrogen) atoms. The van der Waals surface area contributed by atoms with Gasteiger partial charge in [-0.3, -0.25) is 0 Å². The molecule has 1 aliphatic carbocycles. The molecule has 0 spiro atoms. The number of rotatable bonds is 5. The van der Waals surface area contributed by atoms with Crippen molar-refractivity contribution in [3.63, 3.8) is 0 Å². The summed E-state index contributed by atoms with van der Waals surface area (Å²) in [6.07, 6.45) is 14.9. The molecular formula is C48H45N2P. The highest BCUT2D eigenvalue weighted by atomic mass is 31.1. The third-order valence-corrected chi connectivity index (χ3v) is 14.5. The summed E-state index contributed by atoms with van der Waals surface area (Å²) in [5.74, 6) is 0. The van der Waals surface area contributed by atoms with E-state index in [1.165, 1.54) is 115 Å². The zero-order valence-electron chi connectivity index (χ0n) is 29.5. The largest absolute Gasteiger partial charge is 0.372 e. The summed E-state index contributed by atoms with van der Waals surface area (Å²) in [5, 5.41) is 11.5. The molecule has 0 amide bonds. The van der Waals surface area contributed by atoms with Gasteiger partial charge < -0.3 is 9.80 Å². The molecule has 2 fully saturated rings. The van der Waals surface area contributed by atoms with E-state index < -0.39 is 7.53 Å². The van der Waals surface area contributed by atoms with Crippen LogP contribution in [0.4, 0.5) is 11.4 Å². The van der Waals surface area contributed by atoms with Crippen LogP contribution in [-0.2, 0) is 6.42 Å². The molecule has 3 heterocycles. The average Bonchev–Trinajstić information content (AvgIpc) is 3.54. The van der Waals surface area contributed by atoms with Crippen molar-refractivity contribution in [2.75, 3.05) is 36.0 Å². The summed E-state index contributed by atoms with van der Waals surface area (Å²) in [6, 6.07) is 44.8. The second-order valence-corrected chi connectivity index (χ2v) is 17.1. The second kappa shape index (κ2) is 13.1. The van der Waals surface area contributed by atoms with Gasteiger partial charge in [-0.2, -0.15) is 0 Å². The Kier molecular flexibility index (Phi) is 7.95. The highest BCUT2D eigenvalue weighted by molar-refractivity contribution is 7.63. The SMILES string of the molecule is C1=Cc2c(p(-c3ccccc3)c3ccc(-c4c5ccc(N6CCCCC6)cc5c(-c5ccccc5)c5ccc(N6CCCCC6)cc45)cc23)CC1. The zero-order chi connectivity index (χ0) is 33.7. The van der Waals surface area contributed by atoms with E-state index in [4.69, 9.17) is 0 Å². The molecule has 10 rings (SSSR count). The minimum Gasteiger partial charge on any atom is -0.372 e. The van der Waals surface area contributed by atoms with E-state index in [1.54, 1.807) is 5.30 Å². The number of fused-ring (bicyclic) bond motifs is 5. The van der Waals surface area contributed by atoms with E-state index >= 15 is 0 Å². The molecule has 3 heteroatoms. The Morgan fingerprint density at radius 2 is 1.06 bits per heavy atom. The van der Waals surface area contributed by atoms with Gasteiger partial charge in [0.05, 0.1) is 0 Å². The van der Waals surface area contributed by atoms with Crippen molar-refractivity contribution in [3.8, 4) is 27.6 Å². The first-order chi connectivity index (χ1) is 25.3. The molecule has 0 radical (unpaired) electrons. The van der Waals surface area contributed by atoms with E-state index in [9.17, 15) is 0 Å². The topological polar surface area (TPSA) is 6.48 Å². The van der Waals surface area contributed by atoms with E-state index in [1.807, 2.05) is 0 Å². The van der Waals surface area contributed by atoms with Crippen LogP contribution in [0.5, 0.6) is 0 Å². The van der Waals surface area contributed by atoms with E-state index in [2.05, 4.69) is 137 Å². The fourth-order valence-corrected chi connectivity index (χ4v) is 12.2. The predicted molar refractivity (Wildman–Crippen MR) is 223 cm³/mol. The van der Waals surface area contributed by atoms with Gasteiger partial charge in [0.2, 0.25) is 0 Å². The zero-order valence-corrected chi connectivity index (χ0v) is 30.3. The van der Waals surface area contributed by atoms with Crippen LogP contribution in [0.2, 0.25) is 0 Å². The first kappa shape index (κ1) is 31.0. The third-order valence-electron chi connectivity index (χ3n) is 11.8. The lowest BCUT2D eigenvalue weighted by Crippen LogP contribution is -2.29. The van der Waals surface area contributed by atoms with Crippen molar-refractivity contribution in [1.82, 2.24) is 0 Å². The number of piperidine rings is 2. The van der Waals surface area contributed by atoms with Gasteiger partial charge >= 0.3 is 0 Å². The quantitative estimate of drug-likeness (QED) is 0.167. The molecule has 2 saturated heterocycles. The van der Waals surface area contributed by atoms with Crippen molar-refractivity contribution in [1.29, 1.82) is 0 Å². The van der Waals surface area contributed by atoms with Gasteiger partial charge in [0, 0.05) is 42.7 Å². The van der Waals surface area contributed by atoms with Gasteiger partial charge in [-0.25, -0.2) is 0 Å². The number of nitrogens with zero attached hydrogens (tertiary/aromatic N) is 2. The molecule has 252 valence electrons. The van der Waals surface area contributed by atoms with Crippen molar-refractivity contribution in [3.05, 3.63) is 132 Å². The standard InChI is InChI=1S/C48H45N2P/c1-5-15-34(16-6-1)47-40-24-22-37(50-29-13-4-14-30-50)33-44(40)48(41-25-23-36(32-43(41)47)49-27-11-3-12-28-49)35-21-26-46-42(31-35)39-19-9-10-20-45(39)51(46)38-17-7-2-8-18-38/h1-2,5-9,15-19,21-26,31-33H,3-4,10-14,20,27-30H2. The predicted octanol–water partition coefficient (Wildman–Crippen LogP) is 13.4. The van der Waals surface area contributed by atoms with Crippen LogP contribution in [0.1, 0.15) is 55.8 Å². The molecular weight excluding hydrogens is 636 g/mol. The molecule has 6 aromatic carbocycles. The Hall–Kier alpha value is -4.78. The average molecular weight is 681 g/mol. The van der Waals surface area contributed by atoms with Gasteiger partial charge in [-0.1, -0.05) is 98.5 Å². The second-order valence-electron chi connectivity index (χ2n) is 14.9. The monoisotopic (exact) mass is 680 g/mol. The molecule has 3 aliphatic rings. The summed E-state index contributed by atoms with van der Waals surface area (Å²) < 4.78 is 0. The molecule has 1 aromatic heterocycles. The Balaban J connectivity index is 1.28. The molecule has 0 N–H and O–H groups in total. The van der Waals surface area contributed by atoms with Crippen LogP contribution >= 0.6 is 7.53 Å². The fourth-order valence-electron chi connectivity index (χ4n) is 9.38. The first-order valence-electron chi connectivity index (χ1n) is 19.3. The Morgan fingerprint density at radius 1 is 0.471 bits per heavy atom. The van der Waals surface area contributed by atoms with Crippen LogP contribution in [-0.4, -0.2) is 26.2 Å². The summed E-state index contributed by atoms with van der Waals surface area (Å²) in [6.45, 7) is 4.58. The highest BCUT2D eigenvalue weighted by Gasteiger charge is 2.24. The number of hydrogen-bond donors (Lipinski definition) is 0.